The summed E-state index contributed by atoms with van der Waals surface area (Å²) in [7, 11) is 0. The van der Waals surface area contributed by atoms with Gasteiger partial charge in [-0.2, -0.15) is 0 Å². The minimum Gasteiger partial charge on any atom is -0.354 e. The molecule has 0 spiro atoms. The van der Waals surface area contributed by atoms with Crippen molar-refractivity contribution in [2.75, 3.05) is 22.9 Å². The van der Waals surface area contributed by atoms with E-state index >= 15 is 0 Å². The molecule has 22 heavy (non-hydrogen) atoms. The van der Waals surface area contributed by atoms with E-state index in [0.29, 0.717) is 17.1 Å². The van der Waals surface area contributed by atoms with Gasteiger partial charge in [0.05, 0.1) is 5.02 Å². The average Bonchev–Trinajstić information content (AvgIpc) is 3.26. The maximum absolute atomic E-state index is 5.92. The quantitative estimate of drug-likeness (QED) is 0.868. The first-order valence-corrected chi connectivity index (χ1v) is 8.10. The van der Waals surface area contributed by atoms with Crippen molar-refractivity contribution in [1.82, 2.24) is 15.0 Å². The lowest BCUT2D eigenvalue weighted by molar-refractivity contribution is 0.624. The molecule has 2 aromatic heterocycles. The summed E-state index contributed by atoms with van der Waals surface area (Å²) in [5, 5.41) is 0.681. The van der Waals surface area contributed by atoms with E-state index in [9.17, 15) is 0 Å². The second-order valence-electron chi connectivity index (χ2n) is 5.93. The zero-order valence-corrected chi connectivity index (χ0v) is 13.0. The summed E-state index contributed by atoms with van der Waals surface area (Å²) in [6.07, 6.45) is 8.83. The molecule has 1 unspecified atom stereocenters. The Bertz CT molecular complexity index is 629. The fourth-order valence-corrected chi connectivity index (χ4v) is 3.31. The summed E-state index contributed by atoms with van der Waals surface area (Å²) in [4.78, 5) is 17.7. The number of nitrogens with zero attached hydrogens (tertiary/aromatic N) is 5. The summed E-state index contributed by atoms with van der Waals surface area (Å²) >= 11 is 5.92. The largest absolute Gasteiger partial charge is 0.354 e. The van der Waals surface area contributed by atoms with Crippen molar-refractivity contribution in [3.8, 4) is 0 Å². The Labute approximate surface area is 135 Å². The molecule has 2 fully saturated rings. The van der Waals surface area contributed by atoms with Crippen LogP contribution in [0.2, 0.25) is 5.02 Å². The fraction of sp³-hybridized carbons (Fsp3) is 0.438. The smallest absolute Gasteiger partial charge is 0.132 e. The minimum atomic E-state index is 0.486. The lowest BCUT2D eigenvalue weighted by Crippen LogP contribution is -2.40. The highest BCUT2D eigenvalue weighted by Gasteiger charge is 2.38. The average molecular weight is 316 g/mol. The number of rotatable bonds is 4. The van der Waals surface area contributed by atoms with Gasteiger partial charge in [0.2, 0.25) is 0 Å². The summed E-state index contributed by atoms with van der Waals surface area (Å²) in [5.41, 5.74) is 0. The van der Waals surface area contributed by atoms with Crippen LogP contribution in [0.3, 0.4) is 0 Å². The van der Waals surface area contributed by atoms with Gasteiger partial charge in [0.15, 0.2) is 0 Å². The summed E-state index contributed by atoms with van der Waals surface area (Å²) in [6, 6.07) is 7.04. The van der Waals surface area contributed by atoms with Gasteiger partial charge >= 0.3 is 0 Å². The van der Waals surface area contributed by atoms with Gasteiger partial charge in [-0.05, 0) is 37.5 Å². The molecule has 1 saturated heterocycles. The van der Waals surface area contributed by atoms with Crippen molar-refractivity contribution in [2.24, 2.45) is 0 Å². The first-order valence-electron chi connectivity index (χ1n) is 7.72. The van der Waals surface area contributed by atoms with E-state index in [1.165, 1.54) is 12.8 Å². The Balaban J connectivity index is 1.52. The Morgan fingerprint density at radius 2 is 2.00 bits per heavy atom. The topological polar surface area (TPSA) is 45.2 Å². The summed E-state index contributed by atoms with van der Waals surface area (Å²) < 4.78 is 0. The van der Waals surface area contributed by atoms with Crippen molar-refractivity contribution in [2.45, 2.75) is 31.3 Å². The van der Waals surface area contributed by atoms with Gasteiger partial charge in [-0.3, -0.25) is 0 Å². The molecule has 0 aromatic carbocycles. The lowest BCUT2D eigenvalue weighted by Gasteiger charge is -2.30. The number of hydrogen-bond donors (Lipinski definition) is 0. The Kier molecular flexibility index (Phi) is 3.58. The van der Waals surface area contributed by atoms with Crippen LogP contribution in [0, 0.1) is 0 Å². The minimum absolute atomic E-state index is 0.486. The van der Waals surface area contributed by atoms with Crippen molar-refractivity contribution in [3.63, 3.8) is 0 Å². The first kappa shape index (κ1) is 13.8. The molecule has 0 bridgehead atoms. The molecule has 4 rings (SSSR count). The van der Waals surface area contributed by atoms with Crippen molar-refractivity contribution < 1.29 is 0 Å². The maximum Gasteiger partial charge on any atom is 0.132 e. The van der Waals surface area contributed by atoms with Crippen LogP contribution in [0.1, 0.15) is 19.3 Å². The maximum atomic E-state index is 5.92. The number of aromatic nitrogens is 3. The first-order chi connectivity index (χ1) is 10.8. The van der Waals surface area contributed by atoms with Crippen molar-refractivity contribution in [1.29, 1.82) is 0 Å². The fourth-order valence-electron chi connectivity index (χ4n) is 3.19. The Morgan fingerprint density at radius 3 is 2.68 bits per heavy atom. The number of anilines is 2. The predicted octanol–water partition coefficient (Wildman–Crippen LogP) is 2.77. The van der Waals surface area contributed by atoms with Crippen LogP contribution >= 0.6 is 11.6 Å². The zero-order chi connectivity index (χ0) is 14.9. The zero-order valence-electron chi connectivity index (χ0n) is 12.3. The molecule has 1 aliphatic heterocycles. The molecule has 6 heteroatoms. The van der Waals surface area contributed by atoms with Crippen LogP contribution in [0.25, 0.3) is 0 Å². The highest BCUT2D eigenvalue weighted by atomic mass is 35.5. The third-order valence-corrected chi connectivity index (χ3v) is 4.59. The number of pyridine rings is 1. The molecule has 1 aliphatic carbocycles. The molecule has 3 heterocycles. The highest BCUT2D eigenvalue weighted by Crippen LogP contribution is 2.35. The van der Waals surface area contributed by atoms with Crippen LogP contribution in [0.15, 0.2) is 36.9 Å². The van der Waals surface area contributed by atoms with Gasteiger partial charge in [0.1, 0.15) is 18.0 Å². The van der Waals surface area contributed by atoms with E-state index in [2.05, 4.69) is 24.8 Å². The van der Waals surface area contributed by atoms with Gasteiger partial charge in [-0.25, -0.2) is 15.0 Å². The van der Waals surface area contributed by atoms with E-state index in [1.54, 1.807) is 12.5 Å². The molecule has 2 aromatic rings. The van der Waals surface area contributed by atoms with Crippen LogP contribution in [-0.2, 0) is 0 Å². The normalized spacial score (nSPS) is 21.1. The summed E-state index contributed by atoms with van der Waals surface area (Å²) in [6.45, 7) is 2.00. The number of hydrogen-bond acceptors (Lipinski definition) is 5. The standard InChI is InChI=1S/C16H18ClN5/c17-12-1-4-15(19-9-12)21-8-6-14(10-21)22(13-2-3-13)16-5-7-18-11-20-16/h1,4-5,7,9,11,13-14H,2-3,6,8,10H2. The summed E-state index contributed by atoms with van der Waals surface area (Å²) in [5.74, 6) is 2.05. The van der Waals surface area contributed by atoms with E-state index in [0.717, 1.165) is 31.1 Å². The Morgan fingerprint density at radius 1 is 1.09 bits per heavy atom. The second-order valence-corrected chi connectivity index (χ2v) is 6.37. The highest BCUT2D eigenvalue weighted by molar-refractivity contribution is 6.30. The Hall–Kier alpha value is -1.88. The van der Waals surface area contributed by atoms with Crippen molar-refractivity contribution in [3.05, 3.63) is 41.9 Å². The molecule has 0 N–H and O–H groups in total. The molecular weight excluding hydrogens is 298 g/mol. The SMILES string of the molecule is Clc1ccc(N2CCC(N(c3ccncn3)C3CC3)C2)nc1. The third kappa shape index (κ3) is 2.73. The number of halogens is 1. The van der Waals surface area contributed by atoms with Crippen molar-refractivity contribution >= 4 is 23.2 Å². The molecule has 2 aliphatic rings. The van der Waals surface area contributed by atoms with E-state index in [-0.39, 0.29) is 0 Å². The molecule has 0 radical (unpaired) electrons. The van der Waals surface area contributed by atoms with Gasteiger partial charge in [-0.15, -0.1) is 0 Å². The molecule has 114 valence electrons. The van der Waals surface area contributed by atoms with E-state index < -0.39 is 0 Å². The third-order valence-electron chi connectivity index (χ3n) is 4.36. The second kappa shape index (κ2) is 5.72. The predicted molar refractivity (Wildman–Crippen MR) is 87.4 cm³/mol. The van der Waals surface area contributed by atoms with Crippen LogP contribution in [0.5, 0.6) is 0 Å². The van der Waals surface area contributed by atoms with Gasteiger partial charge in [0, 0.05) is 37.6 Å². The van der Waals surface area contributed by atoms with E-state index in [4.69, 9.17) is 11.6 Å². The monoisotopic (exact) mass is 315 g/mol. The van der Waals surface area contributed by atoms with E-state index in [1.807, 2.05) is 24.4 Å². The lowest BCUT2D eigenvalue weighted by atomic mass is 10.2. The molecular formula is C16H18ClN5. The molecule has 5 nitrogen and oxygen atoms in total. The van der Waals surface area contributed by atoms with Gasteiger partial charge in [-0.1, -0.05) is 11.6 Å². The van der Waals surface area contributed by atoms with Gasteiger partial charge in [0.25, 0.3) is 0 Å². The van der Waals surface area contributed by atoms with Crippen LogP contribution < -0.4 is 9.80 Å². The molecule has 1 saturated carbocycles. The van der Waals surface area contributed by atoms with Crippen LogP contribution in [-0.4, -0.2) is 40.1 Å². The molecule has 0 amide bonds. The van der Waals surface area contributed by atoms with Crippen LogP contribution in [0.4, 0.5) is 11.6 Å². The molecule has 1 atom stereocenters. The van der Waals surface area contributed by atoms with Gasteiger partial charge < -0.3 is 9.80 Å².